The number of hydrogen-bond acceptors (Lipinski definition) is 8. The number of H-pyrrole nitrogens is 1. The third-order valence-electron chi connectivity index (χ3n) is 7.26. The van der Waals surface area contributed by atoms with Crippen molar-refractivity contribution in [3.8, 4) is 0 Å². The number of carboxylic acid groups (broad SMARTS) is 1. The number of aliphatic carboxylic acids is 1. The Hall–Kier alpha value is -3.15. The number of carboxylic acids is 1. The fraction of sp³-hybridized carbons (Fsp3) is 0.607. The second-order valence-corrected chi connectivity index (χ2v) is 10.5. The lowest BCUT2D eigenvalue weighted by atomic mass is 9.95. The summed E-state index contributed by atoms with van der Waals surface area (Å²) in [6, 6.07) is 7.74. The second-order valence-electron chi connectivity index (χ2n) is 10.5. The second kappa shape index (κ2) is 15.4. The third-order valence-corrected chi connectivity index (χ3v) is 7.26. The van der Waals surface area contributed by atoms with Crippen LogP contribution >= 0.6 is 0 Å². The molecule has 0 radical (unpaired) electrons. The molecule has 2 heterocycles. The highest BCUT2D eigenvalue weighted by Gasteiger charge is 2.13. The minimum Gasteiger partial charge on any atom is -0.480 e. The molecule has 8 N–H and O–H groups in total. The summed E-state index contributed by atoms with van der Waals surface area (Å²) in [5.74, 6) is 0.291. The number of aryl methyl sites for hydroxylation is 1. The molecule has 1 fully saturated rings. The van der Waals surface area contributed by atoms with Crippen molar-refractivity contribution >= 4 is 28.6 Å². The number of benzene rings is 1. The van der Waals surface area contributed by atoms with Crippen LogP contribution in [0.25, 0.3) is 10.9 Å². The van der Waals surface area contributed by atoms with E-state index < -0.39 is 12.0 Å². The highest BCUT2D eigenvalue weighted by Crippen LogP contribution is 2.22. The van der Waals surface area contributed by atoms with Crippen molar-refractivity contribution in [2.24, 2.45) is 5.73 Å². The number of carbonyl (C=O) groups is 1. The summed E-state index contributed by atoms with van der Waals surface area (Å²) in [5.41, 5.74) is 7.53. The van der Waals surface area contributed by atoms with Gasteiger partial charge >= 0.3 is 5.97 Å². The number of anilines is 2. The van der Waals surface area contributed by atoms with Crippen molar-refractivity contribution < 1.29 is 9.90 Å². The van der Waals surface area contributed by atoms with E-state index in [1.807, 2.05) is 24.3 Å². The minimum absolute atomic E-state index is 0.403. The van der Waals surface area contributed by atoms with E-state index in [4.69, 9.17) is 10.8 Å². The number of nitrogens with zero attached hydrogens (tertiary/aromatic N) is 3. The van der Waals surface area contributed by atoms with Crippen molar-refractivity contribution in [2.75, 3.05) is 36.8 Å². The smallest absolute Gasteiger partial charge is 0.320 e. The van der Waals surface area contributed by atoms with E-state index in [0.29, 0.717) is 31.9 Å². The molecule has 39 heavy (non-hydrogen) atoms. The van der Waals surface area contributed by atoms with Crippen LogP contribution in [0.15, 0.2) is 30.5 Å². The fourth-order valence-electron chi connectivity index (χ4n) is 5.02. The summed E-state index contributed by atoms with van der Waals surface area (Å²) in [6.07, 6.45) is 12.3. The molecule has 0 spiro atoms. The number of nitrogens with one attached hydrogen (secondary N) is 5. The summed E-state index contributed by atoms with van der Waals surface area (Å²) in [7, 11) is 0. The van der Waals surface area contributed by atoms with Crippen LogP contribution in [0, 0.1) is 0 Å². The molecule has 1 atom stereocenters. The van der Waals surface area contributed by atoms with Crippen LogP contribution in [0.1, 0.15) is 63.5 Å². The van der Waals surface area contributed by atoms with E-state index in [1.54, 1.807) is 0 Å². The van der Waals surface area contributed by atoms with Gasteiger partial charge in [-0.25, -0.2) is 4.98 Å². The van der Waals surface area contributed by atoms with E-state index in [2.05, 4.69) is 47.2 Å². The standard InChI is InChI=1S/C28H45N9O2/c29-24(27(38)39)12-6-16-32-26-23-11-4-5-13-25(23)34-28(35-26)33-19-22-20-37(36-22)18-8-15-30-14-7-17-31-21-9-2-1-3-10-21/h4-5,11,13,20-21,24,30-31,36H,1-3,6-10,12,14-19,29H2,(H,38,39)(H2,32,33,34,35)/t24-/m0/s1. The van der Waals surface area contributed by atoms with Gasteiger partial charge in [0.25, 0.3) is 0 Å². The van der Waals surface area contributed by atoms with E-state index in [0.717, 1.165) is 61.1 Å². The molecule has 11 heteroatoms. The maximum atomic E-state index is 10.9. The number of aromatic nitrogens is 4. The quantitative estimate of drug-likeness (QED) is 0.120. The lowest BCUT2D eigenvalue weighted by Crippen LogP contribution is -2.33. The first-order valence-electron chi connectivity index (χ1n) is 14.5. The van der Waals surface area contributed by atoms with Crippen LogP contribution in [0.4, 0.5) is 11.8 Å². The maximum absolute atomic E-state index is 10.9. The Kier molecular flexibility index (Phi) is 11.4. The zero-order valence-electron chi connectivity index (χ0n) is 22.9. The number of hydrogen-bond donors (Lipinski definition) is 7. The molecule has 1 aliphatic rings. The van der Waals surface area contributed by atoms with Crippen LogP contribution < -0.4 is 27.0 Å². The number of para-hydroxylation sites is 1. The molecular formula is C28H45N9O2. The zero-order valence-corrected chi connectivity index (χ0v) is 22.9. The van der Waals surface area contributed by atoms with Gasteiger partial charge in [0.05, 0.1) is 17.8 Å². The van der Waals surface area contributed by atoms with Crippen LogP contribution in [-0.2, 0) is 17.9 Å². The molecule has 3 aromatic rings. The summed E-state index contributed by atoms with van der Waals surface area (Å²) in [6.45, 7) is 5.35. The van der Waals surface area contributed by atoms with Crippen LogP contribution in [0.5, 0.6) is 0 Å². The van der Waals surface area contributed by atoms with Gasteiger partial charge in [0.1, 0.15) is 11.9 Å². The Balaban J connectivity index is 1.12. The number of rotatable bonds is 18. The predicted molar refractivity (Wildman–Crippen MR) is 156 cm³/mol. The molecule has 0 saturated heterocycles. The lowest BCUT2D eigenvalue weighted by Gasteiger charge is -2.22. The van der Waals surface area contributed by atoms with Gasteiger partial charge in [-0.15, -0.1) is 0 Å². The largest absolute Gasteiger partial charge is 0.480 e. The maximum Gasteiger partial charge on any atom is 0.320 e. The van der Waals surface area contributed by atoms with Gasteiger partial charge in [-0.2, -0.15) is 4.98 Å². The molecule has 0 bridgehead atoms. The Bertz CT molecular complexity index is 1130. The molecule has 0 unspecified atom stereocenters. The van der Waals surface area contributed by atoms with Crippen molar-refractivity contribution in [3.05, 3.63) is 36.2 Å². The molecular weight excluding hydrogens is 494 g/mol. The normalized spacial score (nSPS) is 15.0. The van der Waals surface area contributed by atoms with Crippen molar-refractivity contribution in [3.63, 3.8) is 0 Å². The highest BCUT2D eigenvalue weighted by molar-refractivity contribution is 5.90. The van der Waals surface area contributed by atoms with Crippen molar-refractivity contribution in [1.82, 2.24) is 30.4 Å². The van der Waals surface area contributed by atoms with Crippen LogP contribution in [-0.4, -0.2) is 69.1 Å². The average molecular weight is 540 g/mol. The highest BCUT2D eigenvalue weighted by atomic mass is 16.4. The SMILES string of the molecule is N[C@@H](CCCNc1nc(NCc2cn(CCCNCCCNC3CCCCC3)[nH]2)nc2ccccc12)C(=O)O. The van der Waals surface area contributed by atoms with Gasteiger partial charge in [-0.3, -0.25) is 14.6 Å². The summed E-state index contributed by atoms with van der Waals surface area (Å²) in [4.78, 5) is 20.2. The van der Waals surface area contributed by atoms with E-state index in [1.165, 1.54) is 38.5 Å². The molecule has 1 aromatic carbocycles. The summed E-state index contributed by atoms with van der Waals surface area (Å²) >= 11 is 0. The Labute approximate surface area is 230 Å². The first-order valence-corrected chi connectivity index (χ1v) is 14.5. The van der Waals surface area contributed by atoms with Crippen LogP contribution in [0.2, 0.25) is 0 Å². The minimum atomic E-state index is -0.976. The van der Waals surface area contributed by atoms with E-state index in [-0.39, 0.29) is 0 Å². The fourth-order valence-corrected chi connectivity index (χ4v) is 5.02. The molecule has 1 aliphatic carbocycles. The molecule has 214 valence electrons. The molecule has 1 saturated carbocycles. The Morgan fingerprint density at radius 3 is 2.67 bits per heavy atom. The Morgan fingerprint density at radius 2 is 1.85 bits per heavy atom. The molecule has 2 aromatic heterocycles. The summed E-state index contributed by atoms with van der Waals surface area (Å²) < 4.78 is 2.11. The van der Waals surface area contributed by atoms with E-state index in [9.17, 15) is 4.79 Å². The Morgan fingerprint density at radius 1 is 1.05 bits per heavy atom. The number of aromatic amines is 1. The first-order chi connectivity index (χ1) is 19.1. The average Bonchev–Trinajstić information content (AvgIpc) is 2.93. The van der Waals surface area contributed by atoms with Gasteiger partial charge in [0.15, 0.2) is 0 Å². The zero-order chi connectivity index (χ0) is 27.3. The number of nitrogens with two attached hydrogens (primary N) is 1. The number of fused-ring (bicyclic) bond motifs is 1. The van der Waals surface area contributed by atoms with Crippen LogP contribution in [0.3, 0.4) is 0 Å². The molecule has 0 amide bonds. The third kappa shape index (κ3) is 9.52. The molecule has 4 rings (SSSR count). The first kappa shape index (κ1) is 28.8. The monoisotopic (exact) mass is 539 g/mol. The van der Waals surface area contributed by atoms with Gasteiger partial charge < -0.3 is 32.1 Å². The molecule has 11 nitrogen and oxygen atoms in total. The summed E-state index contributed by atoms with van der Waals surface area (Å²) in [5, 5.41) is 27.1. The van der Waals surface area contributed by atoms with E-state index >= 15 is 0 Å². The van der Waals surface area contributed by atoms with Crippen molar-refractivity contribution in [2.45, 2.75) is 83.0 Å². The van der Waals surface area contributed by atoms with Gasteiger partial charge in [0, 0.05) is 30.7 Å². The topological polar surface area (TPSA) is 158 Å². The van der Waals surface area contributed by atoms with Gasteiger partial charge in [-0.05, 0) is 70.3 Å². The molecule has 0 aliphatic heterocycles. The predicted octanol–water partition coefficient (Wildman–Crippen LogP) is 3.27. The van der Waals surface area contributed by atoms with Crippen molar-refractivity contribution in [1.29, 1.82) is 0 Å². The van der Waals surface area contributed by atoms with Gasteiger partial charge in [-0.1, -0.05) is 31.4 Å². The van der Waals surface area contributed by atoms with Gasteiger partial charge in [0.2, 0.25) is 5.95 Å². The lowest BCUT2D eigenvalue weighted by molar-refractivity contribution is -0.138.